The van der Waals surface area contributed by atoms with Crippen molar-refractivity contribution in [3.8, 4) is 11.4 Å². The molecule has 4 unspecified atom stereocenters. The van der Waals surface area contributed by atoms with E-state index in [9.17, 15) is 26.7 Å². The van der Waals surface area contributed by atoms with Crippen molar-refractivity contribution in [1.82, 2.24) is 24.6 Å². The zero-order chi connectivity index (χ0) is 31.1. The van der Waals surface area contributed by atoms with Gasteiger partial charge in [0.2, 0.25) is 0 Å². The first-order valence-electron chi connectivity index (χ1n) is 14.0. The van der Waals surface area contributed by atoms with Crippen LogP contribution in [0.5, 0.6) is 0 Å². The van der Waals surface area contributed by atoms with Crippen LogP contribution < -0.4 is 10.2 Å². The summed E-state index contributed by atoms with van der Waals surface area (Å²) in [5.41, 5.74) is 3.18. The van der Waals surface area contributed by atoms with Gasteiger partial charge in [-0.3, -0.25) is 4.98 Å². The lowest BCUT2D eigenvalue weighted by Gasteiger charge is -2.37. The van der Waals surface area contributed by atoms with Crippen LogP contribution in [0.2, 0.25) is 0 Å². The van der Waals surface area contributed by atoms with E-state index in [1.165, 1.54) is 7.05 Å². The van der Waals surface area contributed by atoms with Crippen molar-refractivity contribution in [2.75, 3.05) is 38.1 Å². The SMILES string of the molecule is CC1CN(c2cccc(-c3ccc4cnc(CC=O)cc4n3)n2)CC(C)O1.CNC1CC(C(F)(F)F)CN(SC(F)F)C1. The molecule has 1 N–H and O–H groups in total. The first-order valence-corrected chi connectivity index (χ1v) is 14.8. The van der Waals surface area contributed by atoms with E-state index in [1.807, 2.05) is 36.4 Å². The monoisotopic (exact) mass is 626 g/mol. The highest BCUT2D eigenvalue weighted by molar-refractivity contribution is 7.97. The third kappa shape index (κ3) is 9.27. The normalized spacial score (nSPS) is 23.2. The van der Waals surface area contributed by atoms with Crippen LogP contribution in [0.15, 0.2) is 42.6 Å². The second-order valence-electron chi connectivity index (χ2n) is 10.7. The summed E-state index contributed by atoms with van der Waals surface area (Å²) in [6.07, 6.45) is -1.11. The van der Waals surface area contributed by atoms with Gasteiger partial charge in [-0.05, 0) is 69.6 Å². The summed E-state index contributed by atoms with van der Waals surface area (Å²) in [5.74, 6) is -3.28. The van der Waals surface area contributed by atoms with Crippen LogP contribution in [0.25, 0.3) is 22.3 Å². The minimum Gasteiger partial charge on any atom is -0.372 e. The molecule has 2 aliphatic heterocycles. The number of likely N-dealkylation sites (N-methyl/N-ethyl adjacent to an activating group) is 1. The Morgan fingerprint density at radius 2 is 1.79 bits per heavy atom. The number of rotatable bonds is 7. The van der Waals surface area contributed by atoms with Crippen molar-refractivity contribution in [1.29, 1.82) is 0 Å². The standard InChI is InChI=1S/C21H22N4O2.C8H13F5N2S/c1-14-12-25(13-15(2)27-14)21-5-3-4-18(24-21)19-7-6-16-11-22-17(8-9-26)10-20(16)23-19;1-14-6-2-5(8(11,12)13)3-15(4-6)16-7(9)10/h3-7,9-11,14-15H,8,12-13H2,1-2H3;5-7,14H,2-4H2,1H3. The number of carbonyl (C=O) groups excluding carboxylic acids is 1. The quantitative estimate of drug-likeness (QED) is 0.211. The molecule has 14 heteroatoms. The molecule has 5 heterocycles. The number of ether oxygens (including phenoxy) is 1. The average molecular weight is 627 g/mol. The molecule has 2 saturated heterocycles. The van der Waals surface area contributed by atoms with Crippen LogP contribution in [0, 0.1) is 5.92 Å². The Kier molecular flexibility index (Phi) is 11.3. The first kappa shape index (κ1) is 33.0. The summed E-state index contributed by atoms with van der Waals surface area (Å²) in [6, 6.07) is 11.4. The Morgan fingerprint density at radius 3 is 2.44 bits per heavy atom. The first-order chi connectivity index (χ1) is 20.4. The summed E-state index contributed by atoms with van der Waals surface area (Å²) in [4.78, 5) is 26.9. The smallest absolute Gasteiger partial charge is 0.372 e. The van der Waals surface area contributed by atoms with E-state index < -0.39 is 23.9 Å². The largest absolute Gasteiger partial charge is 0.393 e. The van der Waals surface area contributed by atoms with E-state index in [0.29, 0.717) is 6.42 Å². The maximum Gasteiger partial charge on any atom is 0.393 e. The van der Waals surface area contributed by atoms with Crippen LogP contribution in [0.4, 0.5) is 27.8 Å². The van der Waals surface area contributed by atoms with Gasteiger partial charge in [-0.2, -0.15) is 22.0 Å². The van der Waals surface area contributed by atoms with E-state index in [2.05, 4.69) is 29.0 Å². The number of piperidine rings is 1. The highest BCUT2D eigenvalue weighted by atomic mass is 32.2. The fourth-order valence-electron chi connectivity index (χ4n) is 5.21. The number of morpholine rings is 1. The van der Waals surface area contributed by atoms with E-state index in [1.54, 1.807) is 6.20 Å². The van der Waals surface area contributed by atoms with Crippen molar-refractivity contribution in [3.63, 3.8) is 0 Å². The van der Waals surface area contributed by atoms with Crippen molar-refractivity contribution < 1.29 is 31.5 Å². The molecular weight excluding hydrogens is 591 g/mol. The Hall–Kier alpha value is -2.94. The fourth-order valence-corrected chi connectivity index (χ4v) is 5.97. The Labute approximate surface area is 251 Å². The third-order valence-corrected chi connectivity index (χ3v) is 7.94. The highest BCUT2D eigenvalue weighted by Crippen LogP contribution is 2.36. The average Bonchev–Trinajstić information content (AvgIpc) is 2.96. The summed E-state index contributed by atoms with van der Waals surface area (Å²) >= 11 is 0.174. The molecule has 43 heavy (non-hydrogen) atoms. The Bertz CT molecular complexity index is 1360. The number of aldehydes is 1. The second kappa shape index (κ2) is 14.7. The van der Waals surface area contributed by atoms with Gasteiger partial charge >= 0.3 is 6.18 Å². The van der Waals surface area contributed by atoms with Crippen molar-refractivity contribution in [2.24, 2.45) is 5.92 Å². The zero-order valence-corrected chi connectivity index (χ0v) is 24.9. The van der Waals surface area contributed by atoms with Gasteiger partial charge in [0, 0.05) is 55.9 Å². The lowest BCUT2D eigenvalue weighted by molar-refractivity contribution is -0.184. The van der Waals surface area contributed by atoms with Gasteiger partial charge in [0.25, 0.3) is 5.76 Å². The number of nitrogens with one attached hydrogen (secondary N) is 1. The van der Waals surface area contributed by atoms with Gasteiger partial charge in [-0.1, -0.05) is 6.07 Å². The molecule has 4 atom stereocenters. The highest BCUT2D eigenvalue weighted by Gasteiger charge is 2.44. The van der Waals surface area contributed by atoms with Crippen molar-refractivity contribution in [2.45, 2.75) is 56.9 Å². The topological polar surface area (TPSA) is 83.5 Å². The van der Waals surface area contributed by atoms with E-state index in [-0.39, 0.29) is 43.7 Å². The molecule has 8 nitrogen and oxygen atoms in total. The number of hydrogen-bond acceptors (Lipinski definition) is 9. The third-order valence-electron chi connectivity index (χ3n) is 7.18. The van der Waals surface area contributed by atoms with Crippen LogP contribution in [0.3, 0.4) is 0 Å². The summed E-state index contributed by atoms with van der Waals surface area (Å²) in [7, 11) is 1.54. The summed E-state index contributed by atoms with van der Waals surface area (Å²) < 4.78 is 68.6. The van der Waals surface area contributed by atoms with Gasteiger partial charge in [-0.25, -0.2) is 14.3 Å². The van der Waals surface area contributed by atoms with Crippen LogP contribution in [-0.4, -0.2) is 89.0 Å². The number of aromatic nitrogens is 3. The molecule has 0 spiro atoms. The second-order valence-corrected chi connectivity index (χ2v) is 11.7. The maximum atomic E-state index is 12.5. The van der Waals surface area contributed by atoms with E-state index in [0.717, 1.165) is 57.5 Å². The minimum absolute atomic E-state index is 0.0553. The molecule has 5 rings (SSSR count). The van der Waals surface area contributed by atoms with Gasteiger partial charge in [0.1, 0.15) is 12.1 Å². The lowest BCUT2D eigenvalue weighted by atomic mass is 9.95. The molecular formula is C29H35F5N6O2S. The van der Waals surface area contributed by atoms with Gasteiger partial charge in [0.05, 0.1) is 35.0 Å². The van der Waals surface area contributed by atoms with Crippen molar-refractivity contribution in [3.05, 3.63) is 48.3 Å². The number of fused-ring (bicyclic) bond motifs is 1. The fraction of sp³-hybridized carbons (Fsp3) is 0.517. The Morgan fingerprint density at radius 1 is 1.07 bits per heavy atom. The number of carbonyl (C=O) groups is 1. The molecule has 0 saturated carbocycles. The molecule has 2 aliphatic rings. The number of nitrogens with zero attached hydrogens (tertiary/aromatic N) is 5. The molecule has 0 bridgehead atoms. The van der Waals surface area contributed by atoms with Crippen LogP contribution in [0.1, 0.15) is 26.0 Å². The minimum atomic E-state index is -4.32. The molecule has 0 amide bonds. The van der Waals surface area contributed by atoms with Crippen LogP contribution in [-0.2, 0) is 16.0 Å². The van der Waals surface area contributed by atoms with Crippen LogP contribution >= 0.6 is 11.9 Å². The molecule has 3 aromatic rings. The van der Waals surface area contributed by atoms with Crippen molar-refractivity contribution >= 4 is 35.0 Å². The zero-order valence-electron chi connectivity index (χ0n) is 24.1. The molecule has 0 aromatic carbocycles. The van der Waals surface area contributed by atoms with Gasteiger partial charge in [0.15, 0.2) is 0 Å². The number of halogens is 5. The molecule has 234 valence electrons. The maximum absolute atomic E-state index is 12.5. The van der Waals surface area contributed by atoms with E-state index in [4.69, 9.17) is 14.7 Å². The molecule has 0 aliphatic carbocycles. The summed E-state index contributed by atoms with van der Waals surface area (Å²) in [5, 5.41) is 3.65. The predicted molar refractivity (Wildman–Crippen MR) is 157 cm³/mol. The number of alkyl halides is 5. The Balaban J connectivity index is 0.000000227. The lowest BCUT2D eigenvalue weighted by Crippen LogP contribution is -2.49. The predicted octanol–water partition coefficient (Wildman–Crippen LogP) is 5.38. The molecule has 0 radical (unpaired) electrons. The van der Waals surface area contributed by atoms with Gasteiger partial charge in [-0.15, -0.1) is 0 Å². The number of pyridine rings is 3. The van der Waals surface area contributed by atoms with Gasteiger partial charge < -0.3 is 19.7 Å². The number of anilines is 1. The summed E-state index contributed by atoms with van der Waals surface area (Å²) in [6.45, 7) is 5.67. The van der Waals surface area contributed by atoms with E-state index >= 15 is 0 Å². The molecule has 3 aromatic heterocycles. The number of hydrogen-bond donors (Lipinski definition) is 1. The molecule has 2 fully saturated rings.